The molecule has 0 aromatic rings. The van der Waals surface area contributed by atoms with E-state index in [1.807, 2.05) is 20.8 Å². The summed E-state index contributed by atoms with van der Waals surface area (Å²) < 4.78 is 5.17. The molecule has 0 heterocycles. The van der Waals surface area contributed by atoms with Crippen molar-refractivity contribution in [2.75, 3.05) is 6.54 Å². The minimum atomic E-state index is -0.385. The van der Waals surface area contributed by atoms with Crippen molar-refractivity contribution < 1.29 is 9.53 Å². The first-order chi connectivity index (χ1) is 6.39. The van der Waals surface area contributed by atoms with Crippen LogP contribution in [0.1, 0.15) is 40.0 Å². The number of ether oxygens (including phenoxy) is 1. The zero-order chi connectivity index (χ0) is 10.4. The Morgan fingerprint density at radius 3 is 2.36 bits per heavy atom. The average molecular weight is 197 g/mol. The molecular formula is C11H19NO2. The quantitative estimate of drug-likeness (QED) is 0.737. The van der Waals surface area contributed by atoms with Gasteiger partial charge in [-0.1, -0.05) is 0 Å². The molecule has 14 heavy (non-hydrogen) atoms. The molecule has 80 valence electrons. The van der Waals surface area contributed by atoms with Gasteiger partial charge < -0.3 is 10.1 Å². The molecule has 1 N–H and O–H groups in total. The van der Waals surface area contributed by atoms with Crippen molar-refractivity contribution in [1.29, 1.82) is 0 Å². The molecule has 3 fully saturated rings. The molecular weight excluding hydrogens is 178 g/mol. The number of alkyl carbamates (subject to hydrolysis) is 1. The molecule has 3 aliphatic carbocycles. The van der Waals surface area contributed by atoms with E-state index in [0.29, 0.717) is 5.41 Å². The maximum Gasteiger partial charge on any atom is 0.407 e. The summed E-state index contributed by atoms with van der Waals surface area (Å²) in [6.45, 7) is 6.45. The van der Waals surface area contributed by atoms with Crippen molar-refractivity contribution in [2.45, 2.75) is 45.6 Å². The van der Waals surface area contributed by atoms with Gasteiger partial charge in [0.15, 0.2) is 0 Å². The highest BCUT2D eigenvalue weighted by molar-refractivity contribution is 5.67. The van der Waals surface area contributed by atoms with E-state index in [2.05, 4.69) is 5.32 Å². The standard InChI is InChI=1S/C11H19NO2/c1-10(2,3)14-9(13)12-7-11-4-8(5-11)6-11/h8H,4-7H2,1-3H3,(H,12,13). The van der Waals surface area contributed by atoms with Gasteiger partial charge in [0.1, 0.15) is 5.60 Å². The summed E-state index contributed by atoms with van der Waals surface area (Å²) in [5.41, 5.74) is 0.0745. The maximum atomic E-state index is 11.3. The molecule has 0 radical (unpaired) electrons. The highest BCUT2D eigenvalue weighted by Crippen LogP contribution is 2.63. The van der Waals surface area contributed by atoms with Crippen molar-refractivity contribution in [3.05, 3.63) is 0 Å². The number of carbonyl (C=O) groups is 1. The van der Waals surface area contributed by atoms with Crippen LogP contribution in [0, 0.1) is 11.3 Å². The molecule has 1 amide bonds. The van der Waals surface area contributed by atoms with Gasteiger partial charge in [-0.05, 0) is 51.4 Å². The molecule has 3 saturated carbocycles. The number of hydrogen-bond acceptors (Lipinski definition) is 2. The zero-order valence-electron chi connectivity index (χ0n) is 9.22. The first-order valence-electron chi connectivity index (χ1n) is 5.35. The Morgan fingerprint density at radius 2 is 2.00 bits per heavy atom. The van der Waals surface area contributed by atoms with Crippen LogP contribution in [0.3, 0.4) is 0 Å². The minimum absolute atomic E-state index is 0.276. The van der Waals surface area contributed by atoms with Crippen LogP contribution in [0.15, 0.2) is 0 Å². The smallest absolute Gasteiger partial charge is 0.407 e. The van der Waals surface area contributed by atoms with Crippen molar-refractivity contribution in [1.82, 2.24) is 5.32 Å². The van der Waals surface area contributed by atoms with Gasteiger partial charge in [0, 0.05) is 6.54 Å². The molecule has 0 aromatic carbocycles. The lowest BCUT2D eigenvalue weighted by molar-refractivity contribution is -0.102. The first-order valence-corrected chi connectivity index (χ1v) is 5.35. The Morgan fingerprint density at radius 1 is 1.43 bits per heavy atom. The van der Waals surface area contributed by atoms with Gasteiger partial charge in [-0.25, -0.2) is 4.79 Å². The molecule has 0 saturated heterocycles. The van der Waals surface area contributed by atoms with E-state index in [0.717, 1.165) is 12.5 Å². The van der Waals surface area contributed by atoms with Gasteiger partial charge in [0.25, 0.3) is 0 Å². The second-order valence-corrected chi connectivity index (χ2v) is 5.83. The number of rotatable bonds is 2. The molecule has 3 rings (SSSR count). The van der Waals surface area contributed by atoms with Crippen LogP contribution < -0.4 is 5.32 Å². The fourth-order valence-electron chi connectivity index (χ4n) is 2.45. The van der Waals surface area contributed by atoms with E-state index in [-0.39, 0.29) is 11.7 Å². The molecule has 2 bridgehead atoms. The second-order valence-electron chi connectivity index (χ2n) is 5.83. The molecule has 0 aliphatic heterocycles. The van der Waals surface area contributed by atoms with Crippen LogP contribution in [0.2, 0.25) is 0 Å². The molecule has 3 aliphatic rings. The third-order valence-electron chi connectivity index (χ3n) is 3.17. The molecule has 3 nitrogen and oxygen atoms in total. The highest BCUT2D eigenvalue weighted by Gasteiger charge is 2.56. The topological polar surface area (TPSA) is 38.3 Å². The van der Waals surface area contributed by atoms with Gasteiger partial charge in [-0.3, -0.25) is 0 Å². The lowest BCUT2D eigenvalue weighted by Crippen LogP contribution is -2.57. The van der Waals surface area contributed by atoms with Crippen molar-refractivity contribution >= 4 is 6.09 Å². The van der Waals surface area contributed by atoms with Crippen molar-refractivity contribution in [3.63, 3.8) is 0 Å². The summed E-state index contributed by atoms with van der Waals surface area (Å²) in [6.07, 6.45) is 3.65. The molecule has 3 heteroatoms. The van der Waals surface area contributed by atoms with Gasteiger partial charge in [-0.15, -0.1) is 0 Å². The second kappa shape index (κ2) is 2.88. The van der Waals surface area contributed by atoms with Gasteiger partial charge in [0.05, 0.1) is 0 Å². The maximum absolute atomic E-state index is 11.3. The van der Waals surface area contributed by atoms with Crippen LogP contribution in [0.25, 0.3) is 0 Å². The van der Waals surface area contributed by atoms with Crippen LogP contribution in [-0.4, -0.2) is 18.2 Å². The predicted octanol–water partition coefficient (Wildman–Crippen LogP) is 2.31. The van der Waals surface area contributed by atoms with Crippen LogP contribution in [0.4, 0.5) is 4.79 Å². The van der Waals surface area contributed by atoms with Gasteiger partial charge in [0.2, 0.25) is 0 Å². The predicted molar refractivity (Wildman–Crippen MR) is 54.0 cm³/mol. The van der Waals surface area contributed by atoms with E-state index < -0.39 is 0 Å². The number of nitrogens with one attached hydrogen (secondary N) is 1. The number of hydrogen-bond donors (Lipinski definition) is 1. The summed E-state index contributed by atoms with van der Waals surface area (Å²) in [4.78, 5) is 11.3. The zero-order valence-corrected chi connectivity index (χ0v) is 9.22. The Balaban J connectivity index is 1.68. The van der Waals surface area contributed by atoms with E-state index in [1.54, 1.807) is 0 Å². The minimum Gasteiger partial charge on any atom is -0.444 e. The highest BCUT2D eigenvalue weighted by atomic mass is 16.6. The fourth-order valence-corrected chi connectivity index (χ4v) is 2.45. The monoisotopic (exact) mass is 197 g/mol. The third-order valence-corrected chi connectivity index (χ3v) is 3.17. The number of carbonyl (C=O) groups excluding carboxylic acids is 1. The molecule has 0 spiro atoms. The van der Waals surface area contributed by atoms with Crippen molar-refractivity contribution in [3.8, 4) is 0 Å². The Kier molecular flexibility index (Phi) is 2.02. The Hall–Kier alpha value is -0.730. The SMILES string of the molecule is CC(C)(C)OC(=O)NCC12CC(C1)C2. The summed E-state index contributed by atoms with van der Waals surface area (Å²) in [6, 6.07) is 0. The Bertz CT molecular complexity index is 237. The molecule has 0 aromatic heterocycles. The molecule has 0 unspecified atom stereocenters. The lowest BCUT2D eigenvalue weighted by Gasteiger charge is -2.61. The normalized spacial score (nSPS) is 34.1. The van der Waals surface area contributed by atoms with Crippen LogP contribution in [0.5, 0.6) is 0 Å². The summed E-state index contributed by atoms with van der Waals surface area (Å²) in [5.74, 6) is 0.968. The van der Waals surface area contributed by atoms with E-state index in [4.69, 9.17) is 4.74 Å². The fraction of sp³-hybridized carbons (Fsp3) is 0.909. The lowest BCUT2D eigenvalue weighted by atomic mass is 9.44. The van der Waals surface area contributed by atoms with Crippen LogP contribution >= 0.6 is 0 Å². The first kappa shape index (κ1) is 9.81. The molecule has 0 atom stereocenters. The number of amides is 1. The summed E-state index contributed by atoms with van der Waals surface area (Å²) >= 11 is 0. The van der Waals surface area contributed by atoms with E-state index >= 15 is 0 Å². The third kappa shape index (κ3) is 1.86. The Labute approximate surface area is 85.2 Å². The van der Waals surface area contributed by atoms with E-state index in [1.165, 1.54) is 19.3 Å². The summed E-state index contributed by atoms with van der Waals surface area (Å²) in [7, 11) is 0. The van der Waals surface area contributed by atoms with Gasteiger partial charge >= 0.3 is 6.09 Å². The van der Waals surface area contributed by atoms with E-state index in [9.17, 15) is 4.79 Å². The largest absolute Gasteiger partial charge is 0.444 e. The summed E-state index contributed by atoms with van der Waals surface area (Å²) in [5, 5.41) is 2.86. The van der Waals surface area contributed by atoms with Crippen LogP contribution in [-0.2, 0) is 4.74 Å². The van der Waals surface area contributed by atoms with Gasteiger partial charge in [-0.2, -0.15) is 0 Å². The average Bonchev–Trinajstić information content (AvgIpc) is 1.75. The van der Waals surface area contributed by atoms with Crippen molar-refractivity contribution in [2.24, 2.45) is 11.3 Å².